The van der Waals surface area contributed by atoms with Gasteiger partial charge in [0.05, 0.1) is 11.8 Å². The van der Waals surface area contributed by atoms with Crippen LogP contribution in [0.5, 0.6) is 0 Å². The molecule has 2 aromatic heterocycles. The third kappa shape index (κ3) is 4.11. The molecule has 25 heavy (non-hydrogen) atoms. The molecule has 1 aliphatic rings. The zero-order chi connectivity index (χ0) is 17.1. The third-order valence-electron chi connectivity index (χ3n) is 4.04. The second kappa shape index (κ2) is 7.41. The molecule has 2 heterocycles. The van der Waals surface area contributed by atoms with Gasteiger partial charge in [-0.2, -0.15) is 0 Å². The lowest BCUT2D eigenvalue weighted by atomic mass is 10.1. The van der Waals surface area contributed by atoms with Gasteiger partial charge in [0.2, 0.25) is 11.1 Å². The minimum atomic E-state index is -0.122. The molecule has 7 heteroatoms. The molecule has 1 aliphatic carbocycles. The van der Waals surface area contributed by atoms with Crippen molar-refractivity contribution in [1.82, 2.24) is 20.5 Å². The molecule has 4 rings (SSSR count). The SMILES string of the molecule is O=C(CSc1n[nH]c(C2CC2)n1)N[C@@H](c1ccccc1)c1cccs1. The molecule has 0 spiro atoms. The number of carbonyl (C=O) groups excluding carboxylic acids is 1. The van der Waals surface area contributed by atoms with E-state index in [0.717, 1.165) is 16.3 Å². The van der Waals surface area contributed by atoms with E-state index in [-0.39, 0.29) is 11.9 Å². The molecule has 1 aromatic carbocycles. The monoisotopic (exact) mass is 370 g/mol. The first kappa shape index (κ1) is 16.4. The second-order valence-electron chi connectivity index (χ2n) is 5.99. The van der Waals surface area contributed by atoms with E-state index in [0.29, 0.717) is 16.8 Å². The van der Waals surface area contributed by atoms with Gasteiger partial charge in [0.15, 0.2) is 0 Å². The Morgan fingerprint density at radius 1 is 1.28 bits per heavy atom. The summed E-state index contributed by atoms with van der Waals surface area (Å²) in [7, 11) is 0. The van der Waals surface area contributed by atoms with Crippen molar-refractivity contribution >= 4 is 29.0 Å². The van der Waals surface area contributed by atoms with E-state index in [1.54, 1.807) is 11.3 Å². The number of H-pyrrole nitrogens is 1. The summed E-state index contributed by atoms with van der Waals surface area (Å²) in [5.74, 6) is 1.77. The van der Waals surface area contributed by atoms with Crippen LogP contribution < -0.4 is 5.32 Å². The fraction of sp³-hybridized carbons (Fsp3) is 0.278. The Morgan fingerprint density at radius 3 is 2.84 bits per heavy atom. The van der Waals surface area contributed by atoms with Crippen LogP contribution in [0, 0.1) is 0 Å². The lowest BCUT2D eigenvalue weighted by Crippen LogP contribution is -2.30. The number of thioether (sulfide) groups is 1. The van der Waals surface area contributed by atoms with Gasteiger partial charge in [-0.1, -0.05) is 48.2 Å². The van der Waals surface area contributed by atoms with E-state index in [1.807, 2.05) is 47.8 Å². The smallest absolute Gasteiger partial charge is 0.231 e. The number of hydrogen-bond donors (Lipinski definition) is 2. The van der Waals surface area contributed by atoms with Gasteiger partial charge in [-0.3, -0.25) is 9.89 Å². The number of thiophene rings is 1. The minimum absolute atomic E-state index is 0.0231. The molecule has 1 atom stereocenters. The largest absolute Gasteiger partial charge is 0.344 e. The van der Waals surface area contributed by atoms with E-state index >= 15 is 0 Å². The summed E-state index contributed by atoms with van der Waals surface area (Å²) in [6.45, 7) is 0. The highest BCUT2D eigenvalue weighted by Gasteiger charge is 2.27. The average molecular weight is 371 g/mol. The number of benzene rings is 1. The second-order valence-corrected chi connectivity index (χ2v) is 7.91. The normalized spacial score (nSPS) is 15.0. The van der Waals surface area contributed by atoms with E-state index in [2.05, 4.69) is 20.5 Å². The Balaban J connectivity index is 1.40. The molecule has 0 saturated heterocycles. The van der Waals surface area contributed by atoms with Crippen molar-refractivity contribution in [1.29, 1.82) is 0 Å². The summed E-state index contributed by atoms with van der Waals surface area (Å²) in [6.07, 6.45) is 2.36. The first-order valence-electron chi connectivity index (χ1n) is 8.22. The quantitative estimate of drug-likeness (QED) is 0.622. The van der Waals surface area contributed by atoms with Gasteiger partial charge >= 0.3 is 0 Å². The molecule has 0 aliphatic heterocycles. The van der Waals surface area contributed by atoms with Gasteiger partial charge in [0.25, 0.3) is 0 Å². The average Bonchev–Trinajstić information content (AvgIpc) is 3.15. The zero-order valence-corrected chi connectivity index (χ0v) is 15.1. The number of nitrogens with zero attached hydrogens (tertiary/aromatic N) is 2. The highest BCUT2D eigenvalue weighted by molar-refractivity contribution is 7.99. The fourth-order valence-electron chi connectivity index (χ4n) is 2.61. The maximum absolute atomic E-state index is 12.5. The van der Waals surface area contributed by atoms with Crippen LogP contribution >= 0.6 is 23.1 Å². The van der Waals surface area contributed by atoms with Crippen LogP contribution in [0.1, 0.15) is 41.1 Å². The first-order valence-corrected chi connectivity index (χ1v) is 10.1. The Hall–Kier alpha value is -2.12. The molecule has 3 aromatic rings. The number of nitrogens with one attached hydrogen (secondary N) is 2. The minimum Gasteiger partial charge on any atom is -0.344 e. The van der Waals surface area contributed by atoms with Crippen molar-refractivity contribution < 1.29 is 4.79 Å². The number of carbonyl (C=O) groups is 1. The Labute approximate surface area is 154 Å². The molecule has 0 bridgehead atoms. The lowest BCUT2D eigenvalue weighted by Gasteiger charge is -2.17. The van der Waals surface area contributed by atoms with Gasteiger partial charge in [-0.05, 0) is 29.9 Å². The Morgan fingerprint density at radius 2 is 2.12 bits per heavy atom. The van der Waals surface area contributed by atoms with Crippen molar-refractivity contribution in [2.24, 2.45) is 0 Å². The maximum Gasteiger partial charge on any atom is 0.231 e. The van der Waals surface area contributed by atoms with Crippen LogP contribution in [0.15, 0.2) is 53.0 Å². The van der Waals surface area contributed by atoms with Gasteiger partial charge in [0, 0.05) is 10.8 Å². The Kier molecular flexibility index (Phi) is 4.85. The van der Waals surface area contributed by atoms with Gasteiger partial charge in [-0.25, -0.2) is 4.98 Å². The summed E-state index contributed by atoms with van der Waals surface area (Å²) in [5.41, 5.74) is 1.08. The number of hydrogen-bond acceptors (Lipinski definition) is 5. The lowest BCUT2D eigenvalue weighted by molar-refractivity contribution is -0.119. The van der Waals surface area contributed by atoms with Crippen molar-refractivity contribution in [3.05, 3.63) is 64.1 Å². The molecule has 5 nitrogen and oxygen atoms in total. The topological polar surface area (TPSA) is 70.7 Å². The maximum atomic E-state index is 12.5. The summed E-state index contributed by atoms with van der Waals surface area (Å²) in [4.78, 5) is 18.0. The molecule has 0 radical (unpaired) electrons. The highest BCUT2D eigenvalue weighted by Crippen LogP contribution is 2.38. The predicted molar refractivity (Wildman–Crippen MR) is 99.8 cm³/mol. The van der Waals surface area contributed by atoms with Gasteiger partial charge in [0.1, 0.15) is 5.82 Å². The van der Waals surface area contributed by atoms with Crippen LogP contribution in [0.25, 0.3) is 0 Å². The molecule has 128 valence electrons. The van der Waals surface area contributed by atoms with E-state index < -0.39 is 0 Å². The van der Waals surface area contributed by atoms with Crippen LogP contribution in [-0.2, 0) is 4.79 Å². The van der Waals surface area contributed by atoms with E-state index in [1.165, 1.54) is 24.6 Å². The number of aromatic nitrogens is 3. The van der Waals surface area contributed by atoms with Gasteiger partial charge in [-0.15, -0.1) is 16.4 Å². The van der Waals surface area contributed by atoms with Crippen molar-refractivity contribution in [2.75, 3.05) is 5.75 Å². The number of amides is 1. The fourth-order valence-corrected chi connectivity index (χ4v) is 4.03. The van der Waals surface area contributed by atoms with Crippen LogP contribution in [-0.4, -0.2) is 26.8 Å². The molecular weight excluding hydrogens is 352 g/mol. The molecule has 1 amide bonds. The number of aromatic amines is 1. The highest BCUT2D eigenvalue weighted by atomic mass is 32.2. The van der Waals surface area contributed by atoms with Crippen molar-refractivity contribution in [3.8, 4) is 0 Å². The molecular formula is C18H18N4OS2. The zero-order valence-electron chi connectivity index (χ0n) is 13.5. The first-order chi connectivity index (χ1) is 12.3. The summed E-state index contributed by atoms with van der Waals surface area (Å²) >= 11 is 3.01. The van der Waals surface area contributed by atoms with E-state index in [4.69, 9.17) is 0 Å². The van der Waals surface area contributed by atoms with Crippen LogP contribution in [0.4, 0.5) is 0 Å². The summed E-state index contributed by atoms with van der Waals surface area (Å²) in [5, 5.41) is 13.0. The molecule has 1 fully saturated rings. The van der Waals surface area contributed by atoms with E-state index in [9.17, 15) is 4.79 Å². The Bertz CT molecular complexity index is 828. The third-order valence-corrected chi connectivity index (χ3v) is 5.83. The van der Waals surface area contributed by atoms with Gasteiger partial charge < -0.3 is 5.32 Å². The summed E-state index contributed by atoms with van der Waals surface area (Å²) in [6, 6.07) is 14.0. The van der Waals surface area contributed by atoms with Crippen LogP contribution in [0.3, 0.4) is 0 Å². The predicted octanol–water partition coefficient (Wildman–Crippen LogP) is 3.74. The van der Waals surface area contributed by atoms with Crippen LogP contribution in [0.2, 0.25) is 0 Å². The van der Waals surface area contributed by atoms with Crippen molar-refractivity contribution in [3.63, 3.8) is 0 Å². The summed E-state index contributed by atoms with van der Waals surface area (Å²) < 4.78 is 0. The molecule has 1 saturated carbocycles. The number of rotatable bonds is 7. The molecule has 2 N–H and O–H groups in total. The molecule has 0 unspecified atom stereocenters. The van der Waals surface area contributed by atoms with Crippen molar-refractivity contribution in [2.45, 2.75) is 30.0 Å². The standard InChI is InChI=1S/C18H18N4OS2/c23-15(11-25-18-20-17(21-22-18)13-8-9-13)19-16(14-7-4-10-24-14)12-5-2-1-3-6-12/h1-7,10,13,16H,8-9,11H2,(H,19,23)(H,20,21,22)/t16-/m0/s1.